The molecule has 180 valence electrons. The second kappa shape index (κ2) is 12.3. The van der Waals surface area contributed by atoms with Crippen molar-refractivity contribution in [3.05, 3.63) is 89.2 Å². The van der Waals surface area contributed by atoms with Crippen LogP contribution in [0.4, 0.5) is 0 Å². The average molecular weight is 482 g/mol. The lowest BCUT2D eigenvalue weighted by molar-refractivity contribution is -0.144. The zero-order chi connectivity index (χ0) is 24.5. The minimum Gasteiger partial charge on any atom is -0.484 e. The summed E-state index contributed by atoms with van der Waals surface area (Å²) in [5.74, 6) is 0.226. The highest BCUT2D eigenvalue weighted by atomic mass is 35.5. The zero-order valence-corrected chi connectivity index (χ0v) is 20.7. The summed E-state index contributed by atoms with van der Waals surface area (Å²) in [7, 11) is 1.96. The van der Waals surface area contributed by atoms with Crippen LogP contribution in [-0.2, 0) is 29.7 Å². The molecule has 0 spiro atoms. The van der Waals surface area contributed by atoms with E-state index in [1.807, 2.05) is 74.1 Å². The van der Waals surface area contributed by atoms with E-state index >= 15 is 0 Å². The number of nitrogens with zero attached hydrogens (tertiary/aromatic N) is 3. The number of aromatic nitrogens is 1. The molecular formula is C27H32ClN3O3. The summed E-state index contributed by atoms with van der Waals surface area (Å²) in [6.07, 6.45) is 2.69. The van der Waals surface area contributed by atoms with Gasteiger partial charge in [-0.3, -0.25) is 9.59 Å². The molecule has 0 N–H and O–H groups in total. The van der Waals surface area contributed by atoms with Crippen molar-refractivity contribution in [1.29, 1.82) is 0 Å². The third-order valence-corrected chi connectivity index (χ3v) is 6.15. The van der Waals surface area contributed by atoms with Gasteiger partial charge >= 0.3 is 0 Å². The van der Waals surface area contributed by atoms with Gasteiger partial charge in [0.05, 0.1) is 6.54 Å². The maximum atomic E-state index is 13.5. The van der Waals surface area contributed by atoms with Gasteiger partial charge in [-0.1, -0.05) is 48.9 Å². The summed E-state index contributed by atoms with van der Waals surface area (Å²) in [6.45, 7) is 4.73. The van der Waals surface area contributed by atoms with Gasteiger partial charge in [-0.15, -0.1) is 0 Å². The van der Waals surface area contributed by atoms with Crippen LogP contribution in [0.3, 0.4) is 0 Å². The predicted octanol–water partition coefficient (Wildman–Crippen LogP) is 4.91. The molecule has 1 atom stereocenters. The molecule has 0 aliphatic rings. The van der Waals surface area contributed by atoms with Crippen LogP contribution in [0, 0.1) is 0 Å². The number of ether oxygens (including phenoxy) is 1. The van der Waals surface area contributed by atoms with Crippen LogP contribution in [0.5, 0.6) is 5.75 Å². The van der Waals surface area contributed by atoms with Crippen molar-refractivity contribution < 1.29 is 14.3 Å². The molecule has 2 aromatic carbocycles. The van der Waals surface area contributed by atoms with E-state index < -0.39 is 0 Å². The molecule has 7 heteroatoms. The Balaban J connectivity index is 1.73. The number of halogens is 1. The highest BCUT2D eigenvalue weighted by Crippen LogP contribution is 2.17. The van der Waals surface area contributed by atoms with Gasteiger partial charge in [-0.2, -0.15) is 0 Å². The Kier molecular flexibility index (Phi) is 9.16. The van der Waals surface area contributed by atoms with Crippen molar-refractivity contribution in [2.24, 2.45) is 7.05 Å². The van der Waals surface area contributed by atoms with E-state index in [1.165, 1.54) is 0 Å². The summed E-state index contributed by atoms with van der Waals surface area (Å²) >= 11 is 5.92. The predicted molar refractivity (Wildman–Crippen MR) is 135 cm³/mol. The molecule has 3 aromatic rings. The average Bonchev–Trinajstić information content (AvgIpc) is 3.25. The first kappa shape index (κ1) is 25.4. The summed E-state index contributed by atoms with van der Waals surface area (Å²) < 4.78 is 7.66. The topological polar surface area (TPSA) is 54.8 Å². The molecule has 0 saturated carbocycles. The first-order valence-corrected chi connectivity index (χ1v) is 11.8. The molecule has 0 radical (unpaired) electrons. The summed E-state index contributed by atoms with van der Waals surface area (Å²) in [6, 6.07) is 20.6. The summed E-state index contributed by atoms with van der Waals surface area (Å²) in [5.41, 5.74) is 2.06. The second-order valence-corrected chi connectivity index (χ2v) is 8.80. The number of rotatable bonds is 11. The third-order valence-electron chi connectivity index (χ3n) is 5.90. The maximum absolute atomic E-state index is 13.5. The number of carbonyl (C=O) groups excluding carboxylic acids is 2. The molecule has 2 amide bonds. The highest BCUT2D eigenvalue weighted by Gasteiger charge is 2.25. The highest BCUT2D eigenvalue weighted by molar-refractivity contribution is 6.30. The van der Waals surface area contributed by atoms with Crippen LogP contribution >= 0.6 is 11.6 Å². The van der Waals surface area contributed by atoms with Gasteiger partial charge in [0.25, 0.3) is 5.91 Å². The van der Waals surface area contributed by atoms with Crippen molar-refractivity contribution >= 4 is 23.4 Å². The molecule has 0 fully saturated rings. The van der Waals surface area contributed by atoms with Crippen molar-refractivity contribution in [2.75, 3.05) is 13.2 Å². The molecule has 0 saturated heterocycles. The maximum Gasteiger partial charge on any atom is 0.261 e. The van der Waals surface area contributed by atoms with Gasteiger partial charge < -0.3 is 19.1 Å². The quantitative estimate of drug-likeness (QED) is 0.391. The number of amides is 2. The smallest absolute Gasteiger partial charge is 0.261 e. The molecule has 0 aliphatic carbocycles. The fourth-order valence-corrected chi connectivity index (χ4v) is 3.73. The van der Waals surface area contributed by atoms with Crippen LogP contribution in [-0.4, -0.2) is 45.4 Å². The normalized spacial score (nSPS) is 11.6. The van der Waals surface area contributed by atoms with Crippen LogP contribution in [0.2, 0.25) is 5.02 Å². The summed E-state index contributed by atoms with van der Waals surface area (Å²) in [4.78, 5) is 30.0. The minimum atomic E-state index is -0.226. The molecule has 6 nitrogen and oxygen atoms in total. The number of benzene rings is 2. The van der Waals surface area contributed by atoms with E-state index in [0.29, 0.717) is 23.9 Å². The molecule has 1 aromatic heterocycles. The first-order chi connectivity index (χ1) is 16.4. The van der Waals surface area contributed by atoms with Crippen LogP contribution in [0.15, 0.2) is 72.9 Å². The standard InChI is InChI=1S/C27H32ClN3O3/c1-4-21(2)31(27(33)20-34-25-14-12-23(28)13-15-25)19-26(32)30(17-22-9-6-5-7-10-22)18-24-11-8-16-29(24)3/h5-16,21H,4,17-20H2,1-3H3. The van der Waals surface area contributed by atoms with Gasteiger partial charge in [0.15, 0.2) is 6.61 Å². The Labute approximate surface area is 206 Å². The van der Waals surface area contributed by atoms with E-state index in [-0.39, 0.29) is 31.0 Å². The lowest BCUT2D eigenvalue weighted by Crippen LogP contribution is -2.47. The monoisotopic (exact) mass is 481 g/mol. The van der Waals surface area contributed by atoms with Gasteiger partial charge in [0, 0.05) is 36.5 Å². The Bertz CT molecular complexity index is 1070. The SMILES string of the molecule is CCC(C)N(CC(=O)N(Cc1ccccc1)Cc1cccn1C)C(=O)COc1ccc(Cl)cc1. The summed E-state index contributed by atoms with van der Waals surface area (Å²) in [5, 5.41) is 0.599. The molecule has 1 unspecified atom stereocenters. The Morgan fingerprint density at radius 2 is 1.68 bits per heavy atom. The number of hydrogen-bond acceptors (Lipinski definition) is 3. The molecule has 1 heterocycles. The van der Waals surface area contributed by atoms with Gasteiger partial charge in [-0.05, 0) is 55.3 Å². The number of aryl methyl sites for hydroxylation is 1. The van der Waals surface area contributed by atoms with E-state index in [2.05, 4.69) is 0 Å². The third kappa shape index (κ3) is 7.12. The van der Waals surface area contributed by atoms with Crippen molar-refractivity contribution in [1.82, 2.24) is 14.4 Å². The number of carbonyl (C=O) groups is 2. The van der Waals surface area contributed by atoms with Crippen molar-refractivity contribution in [3.8, 4) is 5.75 Å². The Morgan fingerprint density at radius 1 is 0.971 bits per heavy atom. The number of hydrogen-bond donors (Lipinski definition) is 0. The molecular weight excluding hydrogens is 450 g/mol. The molecule has 34 heavy (non-hydrogen) atoms. The Morgan fingerprint density at radius 3 is 2.29 bits per heavy atom. The Hall–Kier alpha value is -3.25. The van der Waals surface area contributed by atoms with Gasteiger partial charge in [0.2, 0.25) is 5.91 Å². The van der Waals surface area contributed by atoms with Gasteiger partial charge in [0.1, 0.15) is 12.3 Å². The van der Waals surface area contributed by atoms with E-state index in [4.69, 9.17) is 16.3 Å². The lowest BCUT2D eigenvalue weighted by atomic mass is 10.2. The zero-order valence-electron chi connectivity index (χ0n) is 20.0. The first-order valence-electron chi connectivity index (χ1n) is 11.5. The van der Waals surface area contributed by atoms with Crippen molar-refractivity contribution in [2.45, 2.75) is 39.4 Å². The molecule has 0 bridgehead atoms. The van der Waals surface area contributed by atoms with Crippen LogP contribution < -0.4 is 4.74 Å². The fraction of sp³-hybridized carbons (Fsp3) is 0.333. The minimum absolute atomic E-state index is 0.00489. The largest absolute Gasteiger partial charge is 0.484 e. The van der Waals surface area contributed by atoms with Crippen LogP contribution in [0.1, 0.15) is 31.5 Å². The fourth-order valence-electron chi connectivity index (χ4n) is 3.61. The van der Waals surface area contributed by atoms with Crippen molar-refractivity contribution in [3.63, 3.8) is 0 Å². The molecule has 0 aliphatic heterocycles. The van der Waals surface area contributed by atoms with Crippen LogP contribution in [0.25, 0.3) is 0 Å². The van der Waals surface area contributed by atoms with E-state index in [9.17, 15) is 9.59 Å². The lowest BCUT2D eigenvalue weighted by Gasteiger charge is -2.31. The van der Waals surface area contributed by atoms with E-state index in [0.717, 1.165) is 17.7 Å². The molecule has 3 rings (SSSR count). The van der Waals surface area contributed by atoms with E-state index in [1.54, 1.807) is 34.1 Å². The second-order valence-electron chi connectivity index (χ2n) is 8.37. The van der Waals surface area contributed by atoms with Gasteiger partial charge in [-0.25, -0.2) is 0 Å².